The highest BCUT2D eigenvalue weighted by Gasteiger charge is 2.44. The van der Waals surface area contributed by atoms with Gasteiger partial charge in [-0.2, -0.15) is 0 Å². The van der Waals surface area contributed by atoms with Gasteiger partial charge in [-0.15, -0.1) is 0 Å². The summed E-state index contributed by atoms with van der Waals surface area (Å²) >= 11 is 0. The van der Waals surface area contributed by atoms with Crippen LogP contribution in [-0.4, -0.2) is 19.6 Å². The molecular weight excluding hydrogens is 733 g/mol. The second-order valence-electron chi connectivity index (χ2n) is 14.2. The number of fused-ring (bicyclic) bond motifs is 7. The lowest BCUT2D eigenvalue weighted by molar-refractivity contribution is 0.479. The summed E-state index contributed by atoms with van der Waals surface area (Å²) in [5.41, 5.74) is -1.65. The van der Waals surface area contributed by atoms with Gasteiger partial charge in [-0.25, -0.2) is 0 Å². The Balaban J connectivity index is 1.22. The average Bonchev–Trinajstić information content (AvgIpc) is 4.00. The fourth-order valence-corrected chi connectivity index (χ4v) is 13.7. The molecule has 0 saturated carbocycles. The van der Waals surface area contributed by atoms with Crippen molar-refractivity contribution >= 4 is 68.5 Å². The van der Waals surface area contributed by atoms with Gasteiger partial charge in [0.05, 0.1) is 34.3 Å². The van der Waals surface area contributed by atoms with Gasteiger partial charge in [0.15, 0.2) is 8.07 Å². The van der Waals surface area contributed by atoms with Crippen LogP contribution in [0.25, 0.3) is 49.7 Å². The van der Waals surface area contributed by atoms with E-state index in [9.17, 15) is 9.60 Å². The van der Waals surface area contributed by atoms with Crippen molar-refractivity contribution in [2.24, 2.45) is 0 Å². The van der Waals surface area contributed by atoms with Crippen LogP contribution in [0.5, 0.6) is 17.2 Å². The zero-order chi connectivity index (χ0) is 53.7. The van der Waals surface area contributed by atoms with Crippen LogP contribution in [0.2, 0.25) is 0 Å². The highest BCUT2D eigenvalue weighted by Crippen LogP contribution is 2.42. The lowest BCUT2D eigenvalue weighted by Crippen LogP contribution is -2.75. The maximum Gasteiger partial charge on any atom is 0.434 e. The van der Waals surface area contributed by atoms with E-state index >= 15 is 0 Å². The minimum Gasteiger partial charge on any atom is -0.551 e. The standard InChI is InChI=1S/C54H36BNO2Si/c1-4-18-39(19-5-1)59(40-20-6-2-7-21-40,41-22-8-3-9-23-41)53-31-17-13-24-42(53)37-34-46-45-27-12-16-30-50(45)58-55-47-33-32-38(36-51(47)57-52(35-37)54(46)55)56-48-28-14-10-25-43(48)44-26-11-15-29-49(44)56/h1-36H/i10D,11D,12D,14D,15D,16D,25D,26D,27D,28D,29D,30D,32D,33D,34D,35D,36D. The summed E-state index contributed by atoms with van der Waals surface area (Å²) < 4.78 is 171. The van der Waals surface area contributed by atoms with E-state index in [-0.39, 0.29) is 56.2 Å². The third-order valence-electron chi connectivity index (χ3n) is 11.1. The normalized spacial score (nSPS) is 16.7. The maximum absolute atomic E-state index is 10.4. The van der Waals surface area contributed by atoms with E-state index in [2.05, 4.69) is 36.4 Å². The molecule has 0 bridgehead atoms. The first-order valence-electron chi connectivity index (χ1n) is 27.4. The van der Waals surface area contributed by atoms with Crippen molar-refractivity contribution in [1.29, 1.82) is 0 Å². The van der Waals surface area contributed by atoms with Gasteiger partial charge < -0.3 is 14.0 Å². The molecule has 1 aromatic heterocycles. The summed E-state index contributed by atoms with van der Waals surface area (Å²) in [4.78, 5) is 0. The van der Waals surface area contributed by atoms with Gasteiger partial charge in [0.25, 0.3) is 0 Å². The van der Waals surface area contributed by atoms with Gasteiger partial charge in [-0.1, -0.05) is 176 Å². The van der Waals surface area contributed by atoms with Gasteiger partial charge in [0.2, 0.25) is 0 Å². The van der Waals surface area contributed by atoms with E-state index in [4.69, 9.17) is 23.1 Å². The van der Waals surface area contributed by atoms with Crippen LogP contribution < -0.4 is 41.1 Å². The maximum atomic E-state index is 10.4. The first-order valence-corrected chi connectivity index (χ1v) is 20.9. The van der Waals surface area contributed by atoms with E-state index in [0.29, 0.717) is 5.56 Å². The number of hydrogen-bond donors (Lipinski definition) is 0. The second-order valence-corrected chi connectivity index (χ2v) is 18.0. The summed E-state index contributed by atoms with van der Waals surface area (Å²) in [6.45, 7) is -1.65. The summed E-state index contributed by atoms with van der Waals surface area (Å²) in [6, 6.07) is 26.2. The van der Waals surface area contributed by atoms with Gasteiger partial charge in [0.1, 0.15) is 17.2 Å². The van der Waals surface area contributed by atoms with Crippen LogP contribution in [0.15, 0.2) is 218 Å². The molecule has 0 N–H and O–H groups in total. The minimum absolute atomic E-state index is 0.00386. The molecule has 12 rings (SSSR count). The van der Waals surface area contributed by atoms with Crippen molar-refractivity contribution in [2.45, 2.75) is 0 Å². The average molecular weight is 787 g/mol. The number of ether oxygens (including phenoxy) is 1. The number of para-hydroxylation sites is 3. The van der Waals surface area contributed by atoms with E-state index < -0.39 is 134 Å². The molecule has 10 aromatic rings. The number of aromatic nitrogens is 1. The molecule has 0 unspecified atom stereocenters. The predicted molar refractivity (Wildman–Crippen MR) is 247 cm³/mol. The Labute approximate surface area is 368 Å². The number of hydrogen-bond acceptors (Lipinski definition) is 2. The van der Waals surface area contributed by atoms with E-state index in [1.807, 2.05) is 66.7 Å². The van der Waals surface area contributed by atoms with Crippen LogP contribution in [0, 0.1) is 0 Å². The summed E-state index contributed by atoms with van der Waals surface area (Å²) in [5, 5.41) is 3.00. The molecule has 0 aliphatic carbocycles. The third kappa shape index (κ3) is 5.08. The molecule has 9 aromatic carbocycles. The Morgan fingerprint density at radius 3 is 1.71 bits per heavy atom. The monoisotopic (exact) mass is 786 g/mol. The predicted octanol–water partition coefficient (Wildman–Crippen LogP) is 9.10. The lowest BCUT2D eigenvalue weighted by Gasteiger charge is -2.36. The molecule has 5 heteroatoms. The van der Waals surface area contributed by atoms with Crippen molar-refractivity contribution in [3.8, 4) is 45.2 Å². The summed E-state index contributed by atoms with van der Waals surface area (Å²) in [6.07, 6.45) is 0. The number of benzene rings is 9. The van der Waals surface area contributed by atoms with Gasteiger partial charge in [-0.3, -0.25) is 0 Å². The van der Waals surface area contributed by atoms with Crippen LogP contribution in [0.1, 0.15) is 23.3 Å². The third-order valence-corrected chi connectivity index (χ3v) is 16.0. The largest absolute Gasteiger partial charge is 0.551 e. The first kappa shape index (κ1) is 20.9. The molecule has 0 saturated heterocycles. The zero-order valence-corrected chi connectivity index (χ0v) is 31.8. The van der Waals surface area contributed by atoms with E-state index in [1.165, 1.54) is 0 Å². The fraction of sp³-hybridized carbons (Fsp3) is 0. The molecule has 0 spiro atoms. The lowest BCUT2D eigenvalue weighted by atomic mass is 9.50. The van der Waals surface area contributed by atoms with Crippen LogP contribution in [0.4, 0.5) is 0 Å². The first-order chi connectivity index (χ1) is 36.4. The van der Waals surface area contributed by atoms with Crippen LogP contribution in [0.3, 0.4) is 0 Å². The molecule has 3 nitrogen and oxygen atoms in total. The molecular formula is C54H36BNO2Si. The Morgan fingerprint density at radius 2 is 1.05 bits per heavy atom. The summed E-state index contributed by atoms with van der Waals surface area (Å²) in [5.74, 6) is -1.20. The highest BCUT2D eigenvalue weighted by molar-refractivity contribution is 7.20. The zero-order valence-electron chi connectivity index (χ0n) is 47.8. The van der Waals surface area contributed by atoms with Crippen molar-refractivity contribution in [3.05, 3.63) is 218 Å². The van der Waals surface area contributed by atoms with Crippen molar-refractivity contribution in [1.82, 2.24) is 4.57 Å². The molecule has 0 amide bonds. The van der Waals surface area contributed by atoms with Crippen LogP contribution >= 0.6 is 0 Å². The highest BCUT2D eigenvalue weighted by atomic mass is 28.3. The van der Waals surface area contributed by atoms with Crippen molar-refractivity contribution < 1.29 is 32.7 Å². The minimum atomic E-state index is -3.48. The smallest absolute Gasteiger partial charge is 0.434 e. The van der Waals surface area contributed by atoms with Gasteiger partial charge in [0, 0.05) is 39.0 Å². The molecule has 59 heavy (non-hydrogen) atoms. The second kappa shape index (κ2) is 13.4. The Bertz CT molecular complexity index is 4050. The molecule has 0 radical (unpaired) electrons. The van der Waals surface area contributed by atoms with Gasteiger partial charge in [-0.05, 0) is 73.7 Å². The SMILES string of the molecule is [2H]c1c([2H])c([2H])c2c(c1[2H])OB1c3c([2H])c([2H])c(-n4c5c([2H])c([2H])c([2H])c([2H])c5c5c([2H])c([2H])c([2H])c([2H])c54)c([2H])c3Oc3c([2H])c(-c4ccccc4[Si](c4ccccc4)(c4ccccc4)c4ccccc4)c([2H])c-2c31. The Hall–Kier alpha value is -7.34. The van der Waals surface area contributed by atoms with E-state index in [1.54, 1.807) is 12.1 Å². The number of nitrogens with zero attached hydrogens (tertiary/aromatic N) is 1. The molecule has 0 fully saturated rings. The summed E-state index contributed by atoms with van der Waals surface area (Å²) in [7, 11) is -3.48. The van der Waals surface area contributed by atoms with Crippen LogP contribution in [-0.2, 0) is 0 Å². The molecule has 3 heterocycles. The van der Waals surface area contributed by atoms with Gasteiger partial charge >= 0.3 is 6.92 Å². The van der Waals surface area contributed by atoms with Crippen molar-refractivity contribution in [2.75, 3.05) is 0 Å². The Kier molecular flexibility index (Phi) is 4.74. The topological polar surface area (TPSA) is 23.4 Å². The Morgan fingerprint density at radius 1 is 0.475 bits per heavy atom. The molecule has 2 aliphatic heterocycles. The molecule has 0 atom stereocenters. The molecule has 2 aliphatic rings. The fourth-order valence-electron chi connectivity index (χ4n) is 8.70. The quantitative estimate of drug-likeness (QED) is 0.124. The van der Waals surface area contributed by atoms with Crippen molar-refractivity contribution in [3.63, 3.8) is 0 Å². The number of rotatable bonds is 6. The molecule has 276 valence electrons. The van der Waals surface area contributed by atoms with E-state index in [0.717, 1.165) is 25.3 Å².